The first-order valence-corrected chi connectivity index (χ1v) is 7.94. The number of halogens is 3. The SMILES string of the molecule is CCC(=O)NCc1nn(-c2ccc(C(F)(F)F)cc2)c2ccc(O)cc12. The van der Waals surface area contributed by atoms with Crippen molar-refractivity contribution in [3.8, 4) is 11.4 Å². The number of carbonyl (C=O) groups is 1. The smallest absolute Gasteiger partial charge is 0.416 e. The summed E-state index contributed by atoms with van der Waals surface area (Å²) >= 11 is 0. The average molecular weight is 363 g/mol. The normalized spacial score (nSPS) is 11.7. The summed E-state index contributed by atoms with van der Waals surface area (Å²) in [4.78, 5) is 11.5. The van der Waals surface area contributed by atoms with E-state index in [0.717, 1.165) is 12.1 Å². The van der Waals surface area contributed by atoms with E-state index in [0.29, 0.717) is 28.7 Å². The third-order valence-electron chi connectivity index (χ3n) is 3.95. The molecule has 0 saturated carbocycles. The number of amides is 1. The number of fused-ring (bicyclic) bond motifs is 1. The van der Waals surface area contributed by atoms with Gasteiger partial charge in [-0.1, -0.05) is 6.92 Å². The fourth-order valence-corrected chi connectivity index (χ4v) is 2.59. The highest BCUT2D eigenvalue weighted by Gasteiger charge is 2.30. The molecule has 5 nitrogen and oxygen atoms in total. The minimum absolute atomic E-state index is 0.0348. The Morgan fingerprint density at radius 3 is 2.50 bits per heavy atom. The number of nitrogens with zero attached hydrogens (tertiary/aromatic N) is 2. The van der Waals surface area contributed by atoms with Crippen molar-refractivity contribution in [2.24, 2.45) is 0 Å². The number of alkyl halides is 3. The van der Waals surface area contributed by atoms with E-state index in [4.69, 9.17) is 0 Å². The summed E-state index contributed by atoms with van der Waals surface area (Å²) in [6.07, 6.45) is -4.09. The van der Waals surface area contributed by atoms with Crippen LogP contribution in [0.25, 0.3) is 16.6 Å². The molecule has 2 aromatic carbocycles. The van der Waals surface area contributed by atoms with Gasteiger partial charge in [-0.05, 0) is 42.5 Å². The van der Waals surface area contributed by atoms with Crippen LogP contribution in [0.15, 0.2) is 42.5 Å². The first-order chi connectivity index (χ1) is 12.3. The lowest BCUT2D eigenvalue weighted by molar-refractivity contribution is -0.137. The molecule has 1 aromatic heterocycles. The Balaban J connectivity index is 2.04. The maximum absolute atomic E-state index is 12.7. The molecule has 136 valence electrons. The first kappa shape index (κ1) is 17.8. The third kappa shape index (κ3) is 3.49. The Labute approximate surface area is 147 Å². The van der Waals surface area contributed by atoms with E-state index in [2.05, 4.69) is 10.4 Å². The number of aromatic hydroxyl groups is 1. The molecule has 0 aliphatic heterocycles. The number of benzene rings is 2. The summed E-state index contributed by atoms with van der Waals surface area (Å²) in [7, 11) is 0. The van der Waals surface area contributed by atoms with Crippen LogP contribution in [0, 0.1) is 0 Å². The molecule has 8 heteroatoms. The second-order valence-corrected chi connectivity index (χ2v) is 5.73. The average Bonchev–Trinajstić information content (AvgIpc) is 2.96. The molecule has 26 heavy (non-hydrogen) atoms. The van der Waals surface area contributed by atoms with Gasteiger partial charge in [-0.15, -0.1) is 0 Å². The van der Waals surface area contributed by atoms with Crippen molar-refractivity contribution in [2.75, 3.05) is 0 Å². The predicted octanol–water partition coefficient (Wildman–Crippen LogP) is 3.78. The van der Waals surface area contributed by atoms with Crippen LogP contribution in [-0.4, -0.2) is 20.8 Å². The van der Waals surface area contributed by atoms with Gasteiger partial charge in [0.15, 0.2) is 0 Å². The van der Waals surface area contributed by atoms with Crippen LogP contribution in [0.5, 0.6) is 5.75 Å². The largest absolute Gasteiger partial charge is 0.508 e. The van der Waals surface area contributed by atoms with Crippen LogP contribution in [0.1, 0.15) is 24.6 Å². The van der Waals surface area contributed by atoms with Crippen molar-refractivity contribution in [2.45, 2.75) is 26.1 Å². The molecule has 3 rings (SSSR count). The van der Waals surface area contributed by atoms with Gasteiger partial charge in [0.2, 0.25) is 5.91 Å². The lowest BCUT2D eigenvalue weighted by Gasteiger charge is -2.08. The van der Waals surface area contributed by atoms with Crippen LogP contribution in [0.2, 0.25) is 0 Å². The number of rotatable bonds is 4. The topological polar surface area (TPSA) is 67.2 Å². The Hall–Kier alpha value is -3.03. The monoisotopic (exact) mass is 363 g/mol. The van der Waals surface area contributed by atoms with Crippen molar-refractivity contribution in [1.82, 2.24) is 15.1 Å². The van der Waals surface area contributed by atoms with Gasteiger partial charge in [0.25, 0.3) is 0 Å². The lowest BCUT2D eigenvalue weighted by Crippen LogP contribution is -2.21. The Bertz CT molecular complexity index is 947. The molecular formula is C18H16F3N3O2. The van der Waals surface area contributed by atoms with Gasteiger partial charge < -0.3 is 10.4 Å². The van der Waals surface area contributed by atoms with E-state index in [1.807, 2.05) is 0 Å². The van der Waals surface area contributed by atoms with Gasteiger partial charge >= 0.3 is 6.18 Å². The van der Waals surface area contributed by atoms with Gasteiger partial charge in [0.05, 0.1) is 29.0 Å². The molecule has 0 atom stereocenters. The van der Waals surface area contributed by atoms with Crippen molar-refractivity contribution in [1.29, 1.82) is 0 Å². The summed E-state index contributed by atoms with van der Waals surface area (Å²) < 4.78 is 39.7. The van der Waals surface area contributed by atoms with Gasteiger partial charge in [-0.2, -0.15) is 18.3 Å². The van der Waals surface area contributed by atoms with Crippen LogP contribution in [0.4, 0.5) is 13.2 Å². The zero-order valence-corrected chi connectivity index (χ0v) is 13.8. The zero-order valence-electron chi connectivity index (χ0n) is 13.8. The standard InChI is InChI=1S/C18H16F3N3O2/c1-2-17(26)22-10-15-14-9-13(25)7-8-16(14)24(23-15)12-5-3-11(4-6-12)18(19,20)21/h3-9,25H,2,10H2,1H3,(H,22,26). The van der Waals surface area contributed by atoms with Gasteiger partial charge in [-0.25, -0.2) is 4.68 Å². The zero-order chi connectivity index (χ0) is 18.9. The highest BCUT2D eigenvalue weighted by atomic mass is 19.4. The van der Waals surface area contributed by atoms with Gasteiger partial charge in [0, 0.05) is 11.8 Å². The maximum atomic E-state index is 12.7. The molecule has 1 heterocycles. The molecule has 2 N–H and O–H groups in total. The fraction of sp³-hybridized carbons (Fsp3) is 0.222. The number of carbonyl (C=O) groups excluding carboxylic acids is 1. The van der Waals surface area contributed by atoms with E-state index in [-0.39, 0.29) is 18.2 Å². The quantitative estimate of drug-likeness (QED) is 0.741. The molecular weight excluding hydrogens is 347 g/mol. The molecule has 0 bridgehead atoms. The molecule has 0 unspecified atom stereocenters. The molecule has 0 saturated heterocycles. The highest BCUT2D eigenvalue weighted by Crippen LogP contribution is 2.31. The number of aromatic nitrogens is 2. The van der Waals surface area contributed by atoms with Crippen molar-refractivity contribution in [3.05, 3.63) is 53.7 Å². The van der Waals surface area contributed by atoms with Crippen LogP contribution in [-0.2, 0) is 17.5 Å². The van der Waals surface area contributed by atoms with Crippen molar-refractivity contribution < 1.29 is 23.1 Å². The third-order valence-corrected chi connectivity index (χ3v) is 3.95. The van der Waals surface area contributed by atoms with E-state index in [9.17, 15) is 23.1 Å². The summed E-state index contributed by atoms with van der Waals surface area (Å²) in [5.41, 5.74) is 0.827. The minimum atomic E-state index is -4.41. The second kappa shape index (κ2) is 6.70. The summed E-state index contributed by atoms with van der Waals surface area (Å²) in [6.45, 7) is 1.88. The van der Waals surface area contributed by atoms with Crippen LogP contribution in [0.3, 0.4) is 0 Å². The van der Waals surface area contributed by atoms with E-state index >= 15 is 0 Å². The second-order valence-electron chi connectivity index (χ2n) is 5.73. The number of phenols is 1. The predicted molar refractivity (Wildman–Crippen MR) is 89.9 cm³/mol. The number of hydrogen-bond donors (Lipinski definition) is 2. The Morgan fingerprint density at radius 1 is 1.19 bits per heavy atom. The summed E-state index contributed by atoms with van der Waals surface area (Å²) in [5.74, 6) is -0.116. The van der Waals surface area contributed by atoms with Crippen molar-refractivity contribution >= 4 is 16.8 Å². The summed E-state index contributed by atoms with van der Waals surface area (Å²) in [6, 6.07) is 9.24. The molecule has 0 aliphatic carbocycles. The Kier molecular flexibility index (Phi) is 4.58. The fourth-order valence-electron chi connectivity index (χ4n) is 2.59. The van der Waals surface area contributed by atoms with E-state index in [1.54, 1.807) is 13.0 Å². The molecule has 1 amide bonds. The number of hydrogen-bond acceptors (Lipinski definition) is 3. The van der Waals surface area contributed by atoms with E-state index in [1.165, 1.54) is 28.9 Å². The van der Waals surface area contributed by atoms with E-state index < -0.39 is 11.7 Å². The van der Waals surface area contributed by atoms with Crippen LogP contribution < -0.4 is 5.32 Å². The highest BCUT2D eigenvalue weighted by molar-refractivity contribution is 5.85. The number of phenolic OH excluding ortho intramolecular Hbond substituents is 1. The molecule has 0 spiro atoms. The van der Waals surface area contributed by atoms with Gasteiger partial charge in [0.1, 0.15) is 5.75 Å². The first-order valence-electron chi connectivity index (χ1n) is 7.94. The Morgan fingerprint density at radius 2 is 1.88 bits per heavy atom. The molecule has 3 aromatic rings. The lowest BCUT2D eigenvalue weighted by atomic mass is 10.2. The molecule has 0 fully saturated rings. The number of nitrogens with one attached hydrogen (secondary N) is 1. The molecule has 0 radical (unpaired) electrons. The maximum Gasteiger partial charge on any atom is 0.416 e. The molecule has 0 aliphatic rings. The minimum Gasteiger partial charge on any atom is -0.508 e. The summed E-state index contributed by atoms with van der Waals surface area (Å²) in [5, 5.41) is 17.5. The van der Waals surface area contributed by atoms with Crippen molar-refractivity contribution in [3.63, 3.8) is 0 Å². The van der Waals surface area contributed by atoms with Gasteiger partial charge in [-0.3, -0.25) is 4.79 Å². The van der Waals surface area contributed by atoms with Crippen LogP contribution >= 0.6 is 0 Å².